The number of thioether (sulfide) groups is 1. The molecule has 2 rings (SSSR count). The van der Waals surface area contributed by atoms with E-state index in [0.29, 0.717) is 12.6 Å². The Kier molecular flexibility index (Phi) is 6.70. The summed E-state index contributed by atoms with van der Waals surface area (Å²) >= 11 is 1.90. The van der Waals surface area contributed by atoms with Crippen LogP contribution in [0.1, 0.15) is 36.4 Å². The zero-order valence-corrected chi connectivity index (χ0v) is 13.0. The van der Waals surface area contributed by atoms with Gasteiger partial charge in [0, 0.05) is 30.5 Å². The molecule has 1 aliphatic heterocycles. The molecule has 0 saturated heterocycles. The largest absolute Gasteiger partial charge is 0.493 e. The second-order valence-corrected chi connectivity index (χ2v) is 6.40. The number of hydrogen-bond acceptors (Lipinski definition) is 4. The number of nitrogens with one attached hydrogen (secondary N) is 1. The highest BCUT2D eigenvalue weighted by Crippen LogP contribution is 2.33. The second kappa shape index (κ2) is 8.55. The standard InChI is InChI=1S/C16H25NO2S/c1-13-5-2-6-14-15(7-3-10-19-16(13)14)17-8-12-20-11-4-9-18/h2,5-6,15,17-18H,3-4,7-12H2,1H3. The van der Waals surface area contributed by atoms with Gasteiger partial charge in [-0.05, 0) is 37.5 Å². The molecule has 1 heterocycles. The Morgan fingerprint density at radius 1 is 1.40 bits per heavy atom. The van der Waals surface area contributed by atoms with Crippen molar-refractivity contribution in [3.63, 3.8) is 0 Å². The summed E-state index contributed by atoms with van der Waals surface area (Å²) < 4.78 is 5.90. The molecule has 1 aromatic carbocycles. The van der Waals surface area contributed by atoms with Crippen molar-refractivity contribution in [2.24, 2.45) is 0 Å². The maximum absolute atomic E-state index is 8.75. The molecule has 1 unspecified atom stereocenters. The molecule has 20 heavy (non-hydrogen) atoms. The van der Waals surface area contributed by atoms with E-state index in [9.17, 15) is 0 Å². The van der Waals surface area contributed by atoms with Crippen LogP contribution in [-0.2, 0) is 0 Å². The monoisotopic (exact) mass is 295 g/mol. The van der Waals surface area contributed by atoms with Crippen LogP contribution >= 0.6 is 11.8 Å². The van der Waals surface area contributed by atoms with Gasteiger partial charge in [0.1, 0.15) is 5.75 Å². The smallest absolute Gasteiger partial charge is 0.126 e. The van der Waals surface area contributed by atoms with Gasteiger partial charge in [-0.15, -0.1) is 0 Å². The Labute approximate surface area is 126 Å². The zero-order valence-electron chi connectivity index (χ0n) is 12.2. The summed E-state index contributed by atoms with van der Waals surface area (Å²) in [6.07, 6.45) is 3.13. The van der Waals surface area contributed by atoms with E-state index in [1.165, 1.54) is 11.1 Å². The van der Waals surface area contributed by atoms with Crippen molar-refractivity contribution in [2.75, 3.05) is 31.3 Å². The van der Waals surface area contributed by atoms with Gasteiger partial charge >= 0.3 is 0 Å². The van der Waals surface area contributed by atoms with E-state index in [0.717, 1.165) is 49.7 Å². The Bertz CT molecular complexity index is 411. The Balaban J connectivity index is 1.87. The lowest BCUT2D eigenvalue weighted by molar-refractivity contribution is 0.296. The SMILES string of the molecule is Cc1cccc2c1OCCCC2NCCSCCCO. The van der Waals surface area contributed by atoms with Gasteiger partial charge in [-0.2, -0.15) is 11.8 Å². The van der Waals surface area contributed by atoms with Crippen LogP contribution in [0.2, 0.25) is 0 Å². The first-order valence-corrected chi connectivity index (χ1v) is 8.62. The molecule has 0 aliphatic carbocycles. The lowest BCUT2D eigenvalue weighted by atomic mass is 10.00. The normalized spacial score (nSPS) is 18.2. The van der Waals surface area contributed by atoms with Gasteiger partial charge in [-0.25, -0.2) is 0 Å². The van der Waals surface area contributed by atoms with Crippen molar-refractivity contribution in [2.45, 2.75) is 32.2 Å². The predicted molar refractivity (Wildman–Crippen MR) is 85.7 cm³/mol. The molecule has 0 amide bonds. The summed E-state index contributed by atoms with van der Waals surface area (Å²) in [5.41, 5.74) is 2.54. The molecule has 1 aliphatic rings. The number of fused-ring (bicyclic) bond motifs is 1. The van der Waals surface area contributed by atoms with Crippen LogP contribution in [0.4, 0.5) is 0 Å². The fraction of sp³-hybridized carbons (Fsp3) is 0.625. The minimum atomic E-state index is 0.299. The van der Waals surface area contributed by atoms with Crippen LogP contribution in [-0.4, -0.2) is 36.4 Å². The van der Waals surface area contributed by atoms with Gasteiger partial charge in [0.15, 0.2) is 0 Å². The fourth-order valence-corrected chi connectivity index (χ4v) is 3.35. The minimum absolute atomic E-state index is 0.299. The van der Waals surface area contributed by atoms with Crippen molar-refractivity contribution < 1.29 is 9.84 Å². The van der Waals surface area contributed by atoms with Crippen molar-refractivity contribution in [3.05, 3.63) is 29.3 Å². The molecule has 0 spiro atoms. The van der Waals surface area contributed by atoms with E-state index >= 15 is 0 Å². The molecule has 0 radical (unpaired) electrons. The third kappa shape index (κ3) is 4.40. The van der Waals surface area contributed by atoms with Crippen molar-refractivity contribution in [3.8, 4) is 5.75 Å². The van der Waals surface area contributed by atoms with Crippen LogP contribution in [0, 0.1) is 6.92 Å². The van der Waals surface area contributed by atoms with Gasteiger partial charge in [0.05, 0.1) is 6.61 Å². The molecule has 0 bridgehead atoms. The highest BCUT2D eigenvalue weighted by atomic mass is 32.2. The Morgan fingerprint density at radius 3 is 3.15 bits per heavy atom. The number of aryl methyl sites for hydroxylation is 1. The van der Waals surface area contributed by atoms with E-state index in [4.69, 9.17) is 9.84 Å². The number of hydrogen-bond donors (Lipinski definition) is 2. The predicted octanol–water partition coefficient (Wildman–Crippen LogP) is 2.91. The van der Waals surface area contributed by atoms with Crippen LogP contribution in [0.3, 0.4) is 0 Å². The highest BCUT2D eigenvalue weighted by Gasteiger charge is 2.20. The minimum Gasteiger partial charge on any atom is -0.493 e. The maximum atomic E-state index is 8.75. The molecule has 1 aromatic rings. The topological polar surface area (TPSA) is 41.5 Å². The fourth-order valence-electron chi connectivity index (χ4n) is 2.55. The van der Waals surface area contributed by atoms with E-state index in [-0.39, 0.29) is 0 Å². The average molecular weight is 295 g/mol. The number of benzene rings is 1. The first-order chi connectivity index (χ1) is 9.83. The molecule has 3 nitrogen and oxygen atoms in total. The first-order valence-electron chi connectivity index (χ1n) is 7.47. The van der Waals surface area contributed by atoms with Gasteiger partial charge in [-0.1, -0.05) is 18.2 Å². The Morgan fingerprint density at radius 2 is 2.30 bits per heavy atom. The van der Waals surface area contributed by atoms with E-state index in [2.05, 4.69) is 30.4 Å². The van der Waals surface area contributed by atoms with Gasteiger partial charge in [0.25, 0.3) is 0 Å². The summed E-state index contributed by atoms with van der Waals surface area (Å²) in [4.78, 5) is 0. The van der Waals surface area contributed by atoms with E-state index in [1.54, 1.807) is 0 Å². The summed E-state index contributed by atoms with van der Waals surface area (Å²) in [5, 5.41) is 12.4. The summed E-state index contributed by atoms with van der Waals surface area (Å²) in [6, 6.07) is 6.83. The maximum Gasteiger partial charge on any atom is 0.126 e. The van der Waals surface area contributed by atoms with Crippen LogP contribution in [0.5, 0.6) is 5.75 Å². The zero-order chi connectivity index (χ0) is 14.2. The lowest BCUT2D eigenvalue weighted by Gasteiger charge is -2.19. The van der Waals surface area contributed by atoms with Gasteiger partial charge in [0.2, 0.25) is 0 Å². The first kappa shape index (κ1) is 15.7. The molecule has 0 fully saturated rings. The summed E-state index contributed by atoms with van der Waals surface area (Å²) in [6.45, 7) is 4.24. The number of para-hydroxylation sites is 1. The number of aliphatic hydroxyl groups is 1. The summed E-state index contributed by atoms with van der Waals surface area (Å²) in [7, 11) is 0. The van der Waals surface area contributed by atoms with Crippen molar-refractivity contribution >= 4 is 11.8 Å². The third-order valence-electron chi connectivity index (χ3n) is 3.59. The number of aliphatic hydroxyl groups excluding tert-OH is 1. The molecule has 0 saturated carbocycles. The second-order valence-electron chi connectivity index (χ2n) is 5.18. The van der Waals surface area contributed by atoms with E-state index in [1.807, 2.05) is 11.8 Å². The molecule has 4 heteroatoms. The molecular weight excluding hydrogens is 270 g/mol. The van der Waals surface area contributed by atoms with Crippen molar-refractivity contribution in [1.82, 2.24) is 5.32 Å². The lowest BCUT2D eigenvalue weighted by Crippen LogP contribution is -2.23. The molecule has 1 atom stereocenters. The molecular formula is C16H25NO2S. The Hall–Kier alpha value is -0.710. The number of rotatable bonds is 7. The molecule has 112 valence electrons. The van der Waals surface area contributed by atoms with Crippen LogP contribution < -0.4 is 10.1 Å². The van der Waals surface area contributed by atoms with E-state index < -0.39 is 0 Å². The average Bonchev–Trinajstić information content (AvgIpc) is 2.66. The van der Waals surface area contributed by atoms with Crippen LogP contribution in [0.25, 0.3) is 0 Å². The quantitative estimate of drug-likeness (QED) is 0.759. The molecule has 0 aromatic heterocycles. The summed E-state index contributed by atoms with van der Waals surface area (Å²) in [5.74, 6) is 3.22. The van der Waals surface area contributed by atoms with Gasteiger partial charge < -0.3 is 15.2 Å². The van der Waals surface area contributed by atoms with Crippen molar-refractivity contribution in [1.29, 1.82) is 0 Å². The van der Waals surface area contributed by atoms with Crippen LogP contribution in [0.15, 0.2) is 18.2 Å². The third-order valence-corrected chi connectivity index (χ3v) is 4.66. The molecule has 2 N–H and O–H groups in total. The highest BCUT2D eigenvalue weighted by molar-refractivity contribution is 7.99. The number of ether oxygens (including phenoxy) is 1. The van der Waals surface area contributed by atoms with Gasteiger partial charge in [-0.3, -0.25) is 0 Å².